The van der Waals surface area contributed by atoms with Gasteiger partial charge < -0.3 is 10.2 Å². The van der Waals surface area contributed by atoms with E-state index in [1.807, 2.05) is 10.6 Å². The van der Waals surface area contributed by atoms with E-state index in [9.17, 15) is 13.6 Å². The molecule has 4 aromatic rings. The van der Waals surface area contributed by atoms with Crippen LogP contribution in [-0.4, -0.2) is 20.7 Å². The van der Waals surface area contributed by atoms with E-state index in [1.165, 1.54) is 36.0 Å². The Morgan fingerprint density at radius 1 is 1.00 bits per heavy atom. The largest absolute Gasteiger partial charge is 0.467 e. The Kier molecular flexibility index (Phi) is 6.65. The van der Waals surface area contributed by atoms with Gasteiger partial charge in [-0.15, -0.1) is 10.2 Å². The number of aryl methyl sites for hydroxylation is 1. The zero-order chi connectivity index (χ0) is 22.5. The lowest BCUT2D eigenvalue weighted by Gasteiger charge is -2.18. The molecule has 4 rings (SSSR count). The molecule has 9 heteroatoms. The second-order valence-corrected chi connectivity index (χ2v) is 8.20. The van der Waals surface area contributed by atoms with Gasteiger partial charge in [-0.3, -0.25) is 9.36 Å². The van der Waals surface area contributed by atoms with Crippen molar-refractivity contribution in [2.75, 3.05) is 0 Å². The van der Waals surface area contributed by atoms with Crippen LogP contribution in [0.2, 0.25) is 0 Å². The third kappa shape index (κ3) is 5.23. The van der Waals surface area contributed by atoms with Gasteiger partial charge in [0.05, 0.1) is 18.1 Å². The molecule has 0 spiro atoms. The molecule has 2 aromatic carbocycles. The van der Waals surface area contributed by atoms with Gasteiger partial charge in [-0.25, -0.2) is 8.78 Å². The first-order valence-electron chi connectivity index (χ1n) is 9.90. The van der Waals surface area contributed by atoms with Crippen LogP contribution >= 0.6 is 11.8 Å². The number of primary amides is 1. The first kappa shape index (κ1) is 21.8. The van der Waals surface area contributed by atoms with Crippen LogP contribution in [0.15, 0.2) is 76.5 Å². The molecule has 0 atom stereocenters. The van der Waals surface area contributed by atoms with Crippen LogP contribution < -0.4 is 5.73 Å². The number of nitrogens with two attached hydrogens (primary N) is 1. The number of amides is 1. The fourth-order valence-electron chi connectivity index (χ4n) is 3.25. The maximum atomic E-state index is 13.5. The van der Waals surface area contributed by atoms with E-state index in [0.717, 1.165) is 11.1 Å². The van der Waals surface area contributed by atoms with Gasteiger partial charge in [-0.1, -0.05) is 36.0 Å². The standard InChI is InChI=1S/C23H20F2N4O2S/c24-17-7-3-15(4-8-17)22(16-5-9-18(25)10-6-16)32-23-28-27-21(12-11-20(26)30)29(23)14-19-2-1-13-31-19/h1-10,13,22H,11-12,14H2,(H2,26,30). The summed E-state index contributed by atoms with van der Waals surface area (Å²) >= 11 is 1.40. The quantitative estimate of drug-likeness (QED) is 0.377. The molecule has 0 aliphatic heterocycles. The van der Waals surface area contributed by atoms with Gasteiger partial charge in [0.1, 0.15) is 23.2 Å². The molecule has 0 bridgehead atoms. The number of halogens is 2. The van der Waals surface area contributed by atoms with Crippen LogP contribution in [0.3, 0.4) is 0 Å². The van der Waals surface area contributed by atoms with Gasteiger partial charge in [-0.2, -0.15) is 0 Å². The highest BCUT2D eigenvalue weighted by Crippen LogP contribution is 2.40. The minimum absolute atomic E-state index is 0.139. The summed E-state index contributed by atoms with van der Waals surface area (Å²) in [6, 6.07) is 15.9. The number of hydrogen-bond acceptors (Lipinski definition) is 5. The number of nitrogens with zero attached hydrogens (tertiary/aromatic N) is 3. The maximum absolute atomic E-state index is 13.5. The highest BCUT2D eigenvalue weighted by atomic mass is 32.2. The lowest BCUT2D eigenvalue weighted by atomic mass is 10.0. The summed E-state index contributed by atoms with van der Waals surface area (Å²) in [6.45, 7) is 0.371. The van der Waals surface area contributed by atoms with Crippen molar-refractivity contribution >= 4 is 17.7 Å². The fourth-order valence-corrected chi connectivity index (χ4v) is 4.43. The van der Waals surface area contributed by atoms with Crippen LogP contribution in [0.4, 0.5) is 8.78 Å². The maximum Gasteiger partial charge on any atom is 0.217 e. The van der Waals surface area contributed by atoms with Gasteiger partial charge in [0, 0.05) is 12.8 Å². The Labute approximate surface area is 187 Å². The van der Waals surface area contributed by atoms with E-state index in [2.05, 4.69) is 10.2 Å². The Hall–Kier alpha value is -3.46. The molecule has 0 saturated carbocycles. The fraction of sp³-hybridized carbons (Fsp3) is 0.174. The predicted molar refractivity (Wildman–Crippen MR) is 116 cm³/mol. The van der Waals surface area contributed by atoms with Gasteiger partial charge >= 0.3 is 0 Å². The number of thioether (sulfide) groups is 1. The molecule has 2 N–H and O–H groups in total. The molecule has 0 aliphatic carbocycles. The Morgan fingerprint density at radius 3 is 2.16 bits per heavy atom. The van der Waals surface area contributed by atoms with Crippen LogP contribution in [-0.2, 0) is 17.8 Å². The first-order chi connectivity index (χ1) is 15.5. The molecule has 6 nitrogen and oxygen atoms in total. The number of carbonyl (C=O) groups is 1. The molecular formula is C23H20F2N4O2S. The lowest BCUT2D eigenvalue weighted by molar-refractivity contribution is -0.118. The molecule has 2 aromatic heterocycles. The average molecular weight is 455 g/mol. The number of carbonyl (C=O) groups excluding carboxylic acids is 1. The molecule has 32 heavy (non-hydrogen) atoms. The van der Waals surface area contributed by atoms with Gasteiger partial charge in [0.25, 0.3) is 0 Å². The highest BCUT2D eigenvalue weighted by Gasteiger charge is 2.22. The molecule has 0 fully saturated rings. The number of furan rings is 1. The van der Waals surface area contributed by atoms with Gasteiger partial charge in [0.2, 0.25) is 5.91 Å². The normalized spacial score (nSPS) is 11.2. The Bertz CT molecular complexity index is 1130. The number of rotatable bonds is 9. The van der Waals surface area contributed by atoms with Crippen molar-refractivity contribution in [3.63, 3.8) is 0 Å². The van der Waals surface area contributed by atoms with Gasteiger partial charge in [0.15, 0.2) is 5.16 Å². The number of hydrogen-bond donors (Lipinski definition) is 1. The van der Waals surface area contributed by atoms with E-state index in [4.69, 9.17) is 10.2 Å². The number of benzene rings is 2. The second-order valence-electron chi connectivity index (χ2n) is 7.13. The van der Waals surface area contributed by atoms with E-state index >= 15 is 0 Å². The third-order valence-corrected chi connectivity index (χ3v) is 6.14. The summed E-state index contributed by atoms with van der Waals surface area (Å²) in [5.74, 6) is 0.187. The molecule has 0 unspecified atom stereocenters. The first-order valence-corrected chi connectivity index (χ1v) is 10.8. The van der Waals surface area contributed by atoms with Crippen molar-refractivity contribution in [1.29, 1.82) is 0 Å². The van der Waals surface area contributed by atoms with Crippen LogP contribution in [0, 0.1) is 11.6 Å². The van der Waals surface area contributed by atoms with E-state index < -0.39 is 5.91 Å². The number of aromatic nitrogens is 3. The van der Waals surface area contributed by atoms with Crippen molar-refractivity contribution in [3.8, 4) is 0 Å². The summed E-state index contributed by atoms with van der Waals surface area (Å²) in [7, 11) is 0. The molecule has 164 valence electrons. The lowest BCUT2D eigenvalue weighted by Crippen LogP contribution is -2.14. The van der Waals surface area contributed by atoms with E-state index in [1.54, 1.807) is 36.6 Å². The zero-order valence-corrected chi connectivity index (χ0v) is 17.8. The van der Waals surface area contributed by atoms with Crippen molar-refractivity contribution in [3.05, 3.63) is 101 Å². The van der Waals surface area contributed by atoms with Crippen molar-refractivity contribution in [1.82, 2.24) is 14.8 Å². The summed E-state index contributed by atoms with van der Waals surface area (Å²) in [5.41, 5.74) is 6.96. The van der Waals surface area contributed by atoms with Crippen LogP contribution in [0.25, 0.3) is 0 Å². The molecular weight excluding hydrogens is 434 g/mol. The minimum Gasteiger partial charge on any atom is -0.467 e. The summed E-state index contributed by atoms with van der Waals surface area (Å²) in [4.78, 5) is 11.3. The Balaban J connectivity index is 1.71. The summed E-state index contributed by atoms with van der Waals surface area (Å²) < 4.78 is 34.4. The molecule has 0 aliphatic rings. The van der Waals surface area contributed by atoms with E-state index in [-0.39, 0.29) is 23.3 Å². The van der Waals surface area contributed by atoms with Gasteiger partial charge in [-0.05, 0) is 47.5 Å². The molecule has 1 amide bonds. The topological polar surface area (TPSA) is 86.9 Å². The molecule has 2 heterocycles. The smallest absolute Gasteiger partial charge is 0.217 e. The Morgan fingerprint density at radius 2 is 1.62 bits per heavy atom. The predicted octanol–water partition coefficient (Wildman–Crippen LogP) is 4.50. The third-order valence-electron chi connectivity index (χ3n) is 4.85. The molecule has 0 radical (unpaired) electrons. The summed E-state index contributed by atoms with van der Waals surface area (Å²) in [5, 5.41) is 8.89. The van der Waals surface area contributed by atoms with Crippen molar-refractivity contribution in [2.45, 2.75) is 29.8 Å². The van der Waals surface area contributed by atoms with Crippen molar-refractivity contribution in [2.24, 2.45) is 5.73 Å². The summed E-state index contributed by atoms with van der Waals surface area (Å²) in [6.07, 6.45) is 2.05. The van der Waals surface area contributed by atoms with E-state index in [0.29, 0.717) is 29.7 Å². The monoisotopic (exact) mass is 454 g/mol. The SMILES string of the molecule is NC(=O)CCc1nnc(SC(c2ccc(F)cc2)c2ccc(F)cc2)n1Cc1ccco1. The van der Waals surface area contributed by atoms with Crippen LogP contribution in [0.1, 0.15) is 34.4 Å². The second kappa shape index (κ2) is 9.78. The molecule has 0 saturated heterocycles. The highest BCUT2D eigenvalue weighted by molar-refractivity contribution is 7.99. The van der Waals surface area contributed by atoms with Crippen LogP contribution in [0.5, 0.6) is 0 Å². The minimum atomic E-state index is -0.428. The average Bonchev–Trinajstić information content (AvgIpc) is 3.43. The van der Waals surface area contributed by atoms with Crippen molar-refractivity contribution < 1.29 is 18.0 Å². The zero-order valence-electron chi connectivity index (χ0n) is 16.9.